The number of carbonyl (C=O) groups is 2. The van der Waals surface area contributed by atoms with Gasteiger partial charge in [-0.1, -0.05) is 6.92 Å². The van der Waals surface area contributed by atoms with E-state index in [2.05, 4.69) is 0 Å². The molecule has 0 fully saturated rings. The van der Waals surface area contributed by atoms with E-state index in [9.17, 15) is 9.59 Å². The first-order valence-corrected chi connectivity index (χ1v) is 3.47. The van der Waals surface area contributed by atoms with Crippen LogP contribution in [0, 0.1) is 0 Å². The van der Waals surface area contributed by atoms with Crippen molar-refractivity contribution in [2.75, 3.05) is 0 Å². The van der Waals surface area contributed by atoms with Crippen LogP contribution in [0.2, 0.25) is 0 Å². The van der Waals surface area contributed by atoms with Crippen molar-refractivity contribution in [2.24, 2.45) is 0 Å². The molecule has 0 amide bonds. The molecule has 4 nitrogen and oxygen atoms in total. The van der Waals surface area contributed by atoms with E-state index in [4.69, 9.17) is 10.2 Å². The quantitative estimate of drug-likeness (QED) is 0.563. The Morgan fingerprint density at radius 1 is 1.45 bits per heavy atom. The third-order valence-electron chi connectivity index (χ3n) is 1.28. The van der Waals surface area contributed by atoms with Gasteiger partial charge < -0.3 is 10.2 Å². The Hall–Kier alpha value is -0.900. The molecule has 0 rings (SSSR count). The third kappa shape index (κ3) is 5.54. The van der Waals surface area contributed by atoms with Crippen LogP contribution in [0.4, 0.5) is 0 Å². The fraction of sp³-hybridized carbons (Fsp3) is 0.714. The van der Waals surface area contributed by atoms with Gasteiger partial charge in [-0.05, 0) is 6.42 Å². The van der Waals surface area contributed by atoms with Gasteiger partial charge in [-0.3, -0.25) is 9.59 Å². The number of hydrogen-bond acceptors (Lipinski definition) is 3. The van der Waals surface area contributed by atoms with Crippen molar-refractivity contribution < 1.29 is 19.8 Å². The molecular formula is C7H12O4. The lowest BCUT2D eigenvalue weighted by Crippen LogP contribution is -2.15. The predicted octanol–water partition coefficient (Wildman–Crippen LogP) is 0.191. The average molecular weight is 160 g/mol. The van der Waals surface area contributed by atoms with Crippen LogP contribution in [0.1, 0.15) is 26.2 Å². The van der Waals surface area contributed by atoms with Crippen LogP contribution >= 0.6 is 0 Å². The molecule has 0 heterocycles. The second-order valence-corrected chi connectivity index (χ2v) is 2.38. The van der Waals surface area contributed by atoms with Gasteiger partial charge in [0.25, 0.3) is 0 Å². The molecule has 0 aliphatic carbocycles. The van der Waals surface area contributed by atoms with E-state index in [0.717, 1.165) is 0 Å². The number of aliphatic hydroxyl groups excluding tert-OH is 1. The predicted molar refractivity (Wildman–Crippen MR) is 38.2 cm³/mol. The fourth-order valence-electron chi connectivity index (χ4n) is 0.648. The van der Waals surface area contributed by atoms with Crippen LogP contribution in [0.25, 0.3) is 0 Å². The highest BCUT2D eigenvalue weighted by molar-refractivity contribution is 5.94. The lowest BCUT2D eigenvalue weighted by atomic mass is 10.1. The zero-order valence-electron chi connectivity index (χ0n) is 6.41. The number of Topliss-reactive ketones (excluding diaryl/α,β-unsaturated/α-hetero) is 1. The molecule has 0 aromatic carbocycles. The van der Waals surface area contributed by atoms with Crippen molar-refractivity contribution in [3.8, 4) is 0 Å². The van der Waals surface area contributed by atoms with Crippen LogP contribution in [0.3, 0.4) is 0 Å². The molecule has 0 aliphatic heterocycles. The van der Waals surface area contributed by atoms with E-state index >= 15 is 0 Å². The molecule has 4 heteroatoms. The highest BCUT2D eigenvalue weighted by Gasteiger charge is 2.11. The summed E-state index contributed by atoms with van der Waals surface area (Å²) in [7, 11) is 0. The molecular weight excluding hydrogens is 148 g/mol. The molecule has 0 aliphatic rings. The number of carbonyl (C=O) groups excluding carboxylic acids is 1. The van der Waals surface area contributed by atoms with Crippen molar-refractivity contribution in [3.63, 3.8) is 0 Å². The van der Waals surface area contributed by atoms with Crippen LogP contribution in [-0.2, 0) is 9.59 Å². The van der Waals surface area contributed by atoms with Gasteiger partial charge in [-0.15, -0.1) is 0 Å². The lowest BCUT2D eigenvalue weighted by Gasteiger charge is -2.03. The zero-order chi connectivity index (χ0) is 8.85. The van der Waals surface area contributed by atoms with Gasteiger partial charge in [0, 0.05) is 6.42 Å². The maximum Gasteiger partial charge on any atom is 0.310 e. The van der Waals surface area contributed by atoms with Crippen LogP contribution in [0.5, 0.6) is 0 Å². The minimum absolute atomic E-state index is 0.0528. The number of aliphatic carboxylic acids is 1. The van der Waals surface area contributed by atoms with E-state index < -0.39 is 24.3 Å². The van der Waals surface area contributed by atoms with E-state index in [0.29, 0.717) is 6.42 Å². The third-order valence-corrected chi connectivity index (χ3v) is 1.28. The Bertz CT molecular complexity index is 153. The SMILES string of the molecule is CC[C@@H](O)CC(=O)CC(=O)O. The number of aliphatic hydroxyl groups is 1. The molecule has 0 bridgehead atoms. The summed E-state index contributed by atoms with van der Waals surface area (Å²) >= 11 is 0. The van der Waals surface area contributed by atoms with Crippen molar-refractivity contribution in [1.29, 1.82) is 0 Å². The first-order valence-electron chi connectivity index (χ1n) is 3.47. The molecule has 1 atom stereocenters. The Balaban J connectivity index is 3.60. The summed E-state index contributed by atoms with van der Waals surface area (Å²) < 4.78 is 0. The van der Waals surface area contributed by atoms with Gasteiger partial charge in [-0.25, -0.2) is 0 Å². The van der Waals surface area contributed by atoms with Crippen LogP contribution in [0.15, 0.2) is 0 Å². The van der Waals surface area contributed by atoms with Crippen molar-refractivity contribution in [2.45, 2.75) is 32.3 Å². The van der Waals surface area contributed by atoms with E-state index in [1.807, 2.05) is 0 Å². The summed E-state index contributed by atoms with van der Waals surface area (Å²) in [5.41, 5.74) is 0. The standard InChI is InChI=1S/C7H12O4/c1-2-5(8)3-6(9)4-7(10)11/h5,8H,2-4H2,1H3,(H,10,11)/t5-/m1/s1. The summed E-state index contributed by atoms with van der Waals surface area (Å²) in [4.78, 5) is 20.7. The van der Waals surface area contributed by atoms with Gasteiger partial charge in [0.2, 0.25) is 0 Å². The first-order chi connectivity index (χ1) is 5.06. The zero-order valence-corrected chi connectivity index (χ0v) is 6.41. The Morgan fingerprint density at radius 3 is 2.36 bits per heavy atom. The molecule has 0 radical (unpaired) electrons. The van der Waals surface area contributed by atoms with Crippen LogP contribution in [-0.4, -0.2) is 28.1 Å². The Labute approximate surface area is 64.8 Å². The first kappa shape index (κ1) is 10.1. The molecule has 0 aromatic rings. The molecule has 11 heavy (non-hydrogen) atoms. The molecule has 0 saturated carbocycles. The topological polar surface area (TPSA) is 74.6 Å². The van der Waals surface area contributed by atoms with E-state index in [1.54, 1.807) is 6.92 Å². The molecule has 0 aromatic heterocycles. The fourth-order valence-corrected chi connectivity index (χ4v) is 0.648. The number of carboxylic acids is 1. The molecule has 0 spiro atoms. The second kappa shape index (κ2) is 4.85. The highest BCUT2D eigenvalue weighted by Crippen LogP contribution is 1.99. The van der Waals surface area contributed by atoms with Crippen LogP contribution < -0.4 is 0 Å². The number of ketones is 1. The normalized spacial score (nSPS) is 12.5. The van der Waals surface area contributed by atoms with Gasteiger partial charge >= 0.3 is 5.97 Å². The van der Waals surface area contributed by atoms with Gasteiger partial charge in [-0.2, -0.15) is 0 Å². The molecule has 0 unspecified atom stereocenters. The van der Waals surface area contributed by atoms with E-state index in [1.165, 1.54) is 0 Å². The van der Waals surface area contributed by atoms with E-state index in [-0.39, 0.29) is 6.42 Å². The average Bonchev–Trinajstić information content (AvgIpc) is 1.85. The summed E-state index contributed by atoms with van der Waals surface area (Å²) in [6.45, 7) is 1.73. The summed E-state index contributed by atoms with van der Waals surface area (Å²) in [6.07, 6.45) is -0.757. The minimum Gasteiger partial charge on any atom is -0.481 e. The monoisotopic (exact) mass is 160 g/mol. The number of rotatable bonds is 5. The largest absolute Gasteiger partial charge is 0.481 e. The van der Waals surface area contributed by atoms with Crippen molar-refractivity contribution in [3.05, 3.63) is 0 Å². The Kier molecular flexibility index (Phi) is 4.45. The smallest absolute Gasteiger partial charge is 0.310 e. The highest BCUT2D eigenvalue weighted by atomic mass is 16.4. The number of carboxylic acid groups (broad SMARTS) is 1. The second-order valence-electron chi connectivity index (χ2n) is 2.38. The molecule has 2 N–H and O–H groups in total. The van der Waals surface area contributed by atoms with Gasteiger partial charge in [0.05, 0.1) is 6.10 Å². The maximum absolute atomic E-state index is 10.7. The van der Waals surface area contributed by atoms with Crippen molar-refractivity contribution >= 4 is 11.8 Å². The van der Waals surface area contributed by atoms with Gasteiger partial charge in [0.1, 0.15) is 12.2 Å². The maximum atomic E-state index is 10.7. The summed E-state index contributed by atoms with van der Waals surface area (Å²) in [5.74, 6) is -1.56. The number of hydrogen-bond donors (Lipinski definition) is 2. The van der Waals surface area contributed by atoms with Gasteiger partial charge in [0.15, 0.2) is 0 Å². The van der Waals surface area contributed by atoms with Crippen molar-refractivity contribution in [1.82, 2.24) is 0 Å². The molecule has 64 valence electrons. The summed E-state index contributed by atoms with van der Waals surface area (Å²) in [5, 5.41) is 17.1. The lowest BCUT2D eigenvalue weighted by molar-refractivity contribution is -0.140. The summed E-state index contributed by atoms with van der Waals surface area (Å²) in [6, 6.07) is 0. The Morgan fingerprint density at radius 2 is 2.00 bits per heavy atom. The molecule has 0 saturated heterocycles. The minimum atomic E-state index is -1.14.